The molecule has 90 valence electrons. The molecule has 0 spiro atoms. The van der Waals surface area contributed by atoms with Crippen LogP contribution in [0.15, 0.2) is 24.3 Å². The van der Waals surface area contributed by atoms with Gasteiger partial charge in [-0.2, -0.15) is 0 Å². The summed E-state index contributed by atoms with van der Waals surface area (Å²) in [7, 11) is 0. The normalized spacial score (nSPS) is 14.4. The van der Waals surface area contributed by atoms with Crippen LogP contribution < -0.4 is 4.74 Å². The predicted octanol–water partition coefficient (Wildman–Crippen LogP) is 2.39. The van der Waals surface area contributed by atoms with Crippen molar-refractivity contribution in [2.45, 2.75) is 25.7 Å². The number of hydrogen-bond acceptors (Lipinski definition) is 3. The lowest BCUT2D eigenvalue weighted by Gasteiger charge is -2.08. The number of thiol groups is 1. The summed E-state index contributed by atoms with van der Waals surface area (Å²) in [5.41, 5.74) is 1.04. The number of benzene rings is 1. The van der Waals surface area contributed by atoms with E-state index < -0.39 is 11.1 Å². The molecule has 17 heavy (non-hydrogen) atoms. The van der Waals surface area contributed by atoms with Crippen molar-refractivity contribution < 1.29 is 14.3 Å². The van der Waals surface area contributed by atoms with Crippen molar-refractivity contribution in [2.24, 2.45) is 5.92 Å². The van der Waals surface area contributed by atoms with Gasteiger partial charge in [-0.3, -0.25) is 9.59 Å². The van der Waals surface area contributed by atoms with Gasteiger partial charge in [0.15, 0.2) is 5.12 Å². The maximum Gasteiger partial charge on any atom is 0.319 e. The van der Waals surface area contributed by atoms with Crippen LogP contribution in [-0.2, 0) is 16.0 Å². The van der Waals surface area contributed by atoms with Gasteiger partial charge in [0.25, 0.3) is 0 Å². The fourth-order valence-corrected chi connectivity index (χ4v) is 1.82. The first-order valence-electron chi connectivity index (χ1n) is 5.65. The molecule has 0 aromatic heterocycles. The summed E-state index contributed by atoms with van der Waals surface area (Å²) >= 11 is 3.56. The molecule has 0 atom stereocenters. The average Bonchev–Trinajstić information content (AvgIpc) is 3.03. The fraction of sp³-hybridized carbons (Fsp3) is 0.385. The van der Waals surface area contributed by atoms with E-state index in [1.165, 1.54) is 12.8 Å². The highest BCUT2D eigenvalue weighted by Crippen LogP contribution is 2.35. The Kier molecular flexibility index (Phi) is 3.84. The van der Waals surface area contributed by atoms with Crippen molar-refractivity contribution in [3.8, 4) is 5.75 Å². The Morgan fingerprint density at radius 3 is 2.65 bits per heavy atom. The van der Waals surface area contributed by atoms with Crippen LogP contribution in [0.1, 0.15) is 24.8 Å². The molecule has 3 nitrogen and oxygen atoms in total. The molecule has 1 fully saturated rings. The monoisotopic (exact) mass is 250 g/mol. The van der Waals surface area contributed by atoms with E-state index in [0.29, 0.717) is 5.75 Å². The molecule has 0 bridgehead atoms. The highest BCUT2D eigenvalue weighted by atomic mass is 32.1. The van der Waals surface area contributed by atoms with Crippen LogP contribution in [0.4, 0.5) is 0 Å². The Morgan fingerprint density at radius 1 is 1.29 bits per heavy atom. The predicted molar refractivity (Wildman–Crippen MR) is 67.1 cm³/mol. The Balaban J connectivity index is 2.03. The Morgan fingerprint density at radius 2 is 2.00 bits per heavy atom. The van der Waals surface area contributed by atoms with Gasteiger partial charge in [-0.05, 0) is 36.8 Å². The minimum Gasteiger partial charge on any atom is -0.426 e. The molecule has 0 saturated heterocycles. The lowest BCUT2D eigenvalue weighted by atomic mass is 10.1. The zero-order valence-corrected chi connectivity index (χ0v) is 10.3. The number of rotatable bonds is 5. The minimum absolute atomic E-state index is 0.291. The standard InChI is InChI=1S/C13H14O3S/c14-12(8-13(15)17)16-11-4-2-1-3-10(11)7-9-5-6-9/h1-4,9H,5-8H2,(H,15,17). The van der Waals surface area contributed by atoms with Crippen LogP contribution in [0.5, 0.6) is 5.75 Å². The van der Waals surface area contributed by atoms with Crippen LogP contribution in [0.2, 0.25) is 0 Å². The average molecular weight is 250 g/mol. The summed E-state index contributed by atoms with van der Waals surface area (Å²) in [4.78, 5) is 22.1. The Labute approximate surface area is 106 Å². The molecule has 0 unspecified atom stereocenters. The van der Waals surface area contributed by atoms with Crippen LogP contribution in [0.25, 0.3) is 0 Å². The molecule has 1 aromatic rings. The van der Waals surface area contributed by atoms with Gasteiger partial charge in [0, 0.05) is 0 Å². The first-order chi connectivity index (χ1) is 8.15. The maximum atomic E-state index is 11.4. The SMILES string of the molecule is O=C(S)CC(=O)Oc1ccccc1CC1CC1. The molecule has 1 aliphatic rings. The Bertz CT molecular complexity index is 438. The van der Waals surface area contributed by atoms with Gasteiger partial charge < -0.3 is 4.74 Å². The molecule has 1 aliphatic carbocycles. The Hall–Kier alpha value is -1.29. The topological polar surface area (TPSA) is 43.4 Å². The van der Waals surface area contributed by atoms with E-state index in [0.717, 1.165) is 17.9 Å². The van der Waals surface area contributed by atoms with Crippen LogP contribution in [-0.4, -0.2) is 11.1 Å². The largest absolute Gasteiger partial charge is 0.426 e. The van der Waals surface area contributed by atoms with Gasteiger partial charge in [-0.25, -0.2) is 0 Å². The van der Waals surface area contributed by atoms with E-state index in [1.54, 1.807) is 6.07 Å². The van der Waals surface area contributed by atoms with Gasteiger partial charge in [-0.1, -0.05) is 18.2 Å². The van der Waals surface area contributed by atoms with Crippen LogP contribution >= 0.6 is 12.6 Å². The van der Waals surface area contributed by atoms with E-state index in [9.17, 15) is 9.59 Å². The molecule has 0 radical (unpaired) electrons. The van der Waals surface area contributed by atoms with Crippen molar-refractivity contribution >= 4 is 23.7 Å². The third-order valence-electron chi connectivity index (χ3n) is 2.70. The van der Waals surface area contributed by atoms with Gasteiger partial charge in [0.2, 0.25) is 0 Å². The molecule has 1 aromatic carbocycles. The first kappa shape index (κ1) is 12.2. The van der Waals surface area contributed by atoms with Crippen molar-refractivity contribution in [2.75, 3.05) is 0 Å². The number of esters is 1. The zero-order chi connectivity index (χ0) is 12.3. The molecule has 0 heterocycles. The quantitative estimate of drug-likeness (QED) is 0.378. The van der Waals surface area contributed by atoms with Crippen molar-refractivity contribution in [1.82, 2.24) is 0 Å². The van der Waals surface area contributed by atoms with Gasteiger partial charge >= 0.3 is 5.97 Å². The number of para-hydroxylation sites is 1. The van der Waals surface area contributed by atoms with E-state index in [2.05, 4.69) is 12.6 Å². The second-order valence-electron chi connectivity index (χ2n) is 4.30. The van der Waals surface area contributed by atoms with Crippen LogP contribution in [0, 0.1) is 5.92 Å². The van der Waals surface area contributed by atoms with E-state index in [1.807, 2.05) is 18.2 Å². The van der Waals surface area contributed by atoms with Crippen molar-refractivity contribution in [3.63, 3.8) is 0 Å². The zero-order valence-electron chi connectivity index (χ0n) is 9.39. The van der Waals surface area contributed by atoms with Crippen molar-refractivity contribution in [3.05, 3.63) is 29.8 Å². The molecule has 2 rings (SSSR count). The van der Waals surface area contributed by atoms with E-state index >= 15 is 0 Å². The summed E-state index contributed by atoms with van der Waals surface area (Å²) in [6, 6.07) is 7.47. The van der Waals surface area contributed by atoms with Crippen LogP contribution in [0.3, 0.4) is 0 Å². The van der Waals surface area contributed by atoms with Gasteiger partial charge in [0.1, 0.15) is 12.2 Å². The second kappa shape index (κ2) is 5.36. The highest BCUT2D eigenvalue weighted by molar-refractivity contribution is 7.96. The maximum absolute atomic E-state index is 11.4. The molecule has 1 saturated carbocycles. The lowest BCUT2D eigenvalue weighted by Crippen LogP contribution is -2.12. The number of carbonyl (C=O) groups is 2. The second-order valence-corrected chi connectivity index (χ2v) is 4.80. The van der Waals surface area contributed by atoms with Gasteiger partial charge in [0.05, 0.1) is 0 Å². The summed E-state index contributed by atoms with van der Waals surface area (Å²) in [5, 5.41) is -0.477. The van der Waals surface area contributed by atoms with Gasteiger partial charge in [-0.15, -0.1) is 12.6 Å². The first-order valence-corrected chi connectivity index (χ1v) is 6.10. The fourth-order valence-electron chi connectivity index (χ4n) is 1.69. The smallest absolute Gasteiger partial charge is 0.319 e. The number of ether oxygens (including phenoxy) is 1. The molecular weight excluding hydrogens is 236 g/mol. The molecule has 4 heteroatoms. The van der Waals surface area contributed by atoms with E-state index in [4.69, 9.17) is 4.74 Å². The summed E-state index contributed by atoms with van der Waals surface area (Å²) in [6.45, 7) is 0. The third kappa shape index (κ3) is 3.89. The van der Waals surface area contributed by atoms with E-state index in [-0.39, 0.29) is 6.42 Å². The number of carbonyl (C=O) groups excluding carboxylic acids is 2. The summed E-state index contributed by atoms with van der Waals surface area (Å²) < 4.78 is 5.18. The number of hydrogen-bond donors (Lipinski definition) is 1. The summed E-state index contributed by atoms with van der Waals surface area (Å²) in [5.74, 6) is 0.744. The third-order valence-corrected chi connectivity index (χ3v) is 2.86. The van der Waals surface area contributed by atoms with Crippen molar-refractivity contribution in [1.29, 1.82) is 0 Å². The lowest BCUT2D eigenvalue weighted by molar-refractivity contribution is -0.136. The molecule has 0 N–H and O–H groups in total. The molecule has 0 amide bonds. The minimum atomic E-state index is -0.548. The highest BCUT2D eigenvalue weighted by Gasteiger charge is 2.23. The summed E-state index contributed by atoms with van der Waals surface area (Å²) in [6.07, 6.45) is 3.15. The molecular formula is C13H14O3S. The molecule has 0 aliphatic heterocycles.